The zero-order chi connectivity index (χ0) is 28.1. The Morgan fingerprint density at radius 3 is 2.46 bits per heavy atom. The molecule has 0 aliphatic carbocycles. The number of nitrogens with zero attached hydrogens (tertiary/aromatic N) is 3. The van der Waals surface area contributed by atoms with E-state index in [4.69, 9.17) is 27.9 Å². The van der Waals surface area contributed by atoms with Crippen LogP contribution in [-0.2, 0) is 13.6 Å². The van der Waals surface area contributed by atoms with Crippen molar-refractivity contribution in [3.63, 3.8) is 0 Å². The van der Waals surface area contributed by atoms with E-state index in [1.54, 1.807) is 32.2 Å². The number of carbonyl (C=O) groups excluding carboxylic acids is 1. The van der Waals surface area contributed by atoms with E-state index in [-0.39, 0.29) is 10.6 Å². The number of ether oxygens (including phenoxy) is 1. The quantitative estimate of drug-likeness (QED) is 0.271. The number of hydrogen-bond acceptors (Lipinski definition) is 7. The number of methoxy groups -OCH3 is 1. The molecule has 2 heterocycles. The van der Waals surface area contributed by atoms with Crippen LogP contribution >= 0.6 is 23.2 Å². The Bertz CT molecular complexity index is 1570. The lowest BCUT2D eigenvalue weighted by molar-refractivity contribution is 0.102. The number of aryl methyl sites for hydroxylation is 1. The normalized spacial score (nSPS) is 11.7. The maximum atomic E-state index is 12.8. The van der Waals surface area contributed by atoms with Gasteiger partial charge >= 0.3 is 0 Å². The van der Waals surface area contributed by atoms with Gasteiger partial charge in [0.2, 0.25) is 5.88 Å². The Hall–Kier alpha value is -3.76. The third-order valence-corrected chi connectivity index (χ3v) is 6.76. The average molecular weight is 568 g/mol. The molecular weight excluding hydrogens is 541 g/mol. The molecule has 0 spiro atoms. The van der Waals surface area contributed by atoms with Crippen LogP contribution in [-0.4, -0.2) is 45.5 Å². The molecule has 0 bridgehead atoms. The zero-order valence-electron chi connectivity index (χ0n) is 21.5. The van der Waals surface area contributed by atoms with E-state index in [0.717, 1.165) is 10.2 Å². The highest BCUT2D eigenvalue weighted by Crippen LogP contribution is 2.41. The summed E-state index contributed by atoms with van der Waals surface area (Å²) in [6.07, 6.45) is 0.910. The molecule has 4 rings (SSSR count). The summed E-state index contributed by atoms with van der Waals surface area (Å²) in [7, 11) is 3.01. The standard InChI is InChI=1S/C28H27Cl2N5O4/c1-16(36)14-31-15-17-10-11-22(34-27(17)39-3)20-8-4-6-18(24(20)29)19-7-5-9-23(25(19)30)33-26(37)21-12-13-32-35(2)28(21)38/h4-13,16,31,36H,14-15H2,1-3H3,(H,33,37)/t16-/m1/s1. The first kappa shape index (κ1) is 28.3. The fourth-order valence-electron chi connectivity index (χ4n) is 3.99. The van der Waals surface area contributed by atoms with Crippen LogP contribution in [0.4, 0.5) is 5.69 Å². The van der Waals surface area contributed by atoms with Crippen molar-refractivity contribution in [2.75, 3.05) is 19.0 Å². The van der Waals surface area contributed by atoms with Crippen LogP contribution < -0.4 is 20.9 Å². The van der Waals surface area contributed by atoms with Gasteiger partial charge in [0.15, 0.2) is 0 Å². The average Bonchev–Trinajstić information content (AvgIpc) is 2.91. The monoisotopic (exact) mass is 567 g/mol. The first-order valence-electron chi connectivity index (χ1n) is 12.1. The summed E-state index contributed by atoms with van der Waals surface area (Å²) in [5.74, 6) is -0.159. The summed E-state index contributed by atoms with van der Waals surface area (Å²) in [6, 6.07) is 15.8. The van der Waals surface area contributed by atoms with Crippen molar-refractivity contribution < 1.29 is 14.6 Å². The first-order chi connectivity index (χ1) is 18.7. The van der Waals surface area contributed by atoms with E-state index in [1.165, 1.54) is 19.3 Å². The van der Waals surface area contributed by atoms with Gasteiger partial charge in [-0.25, -0.2) is 9.67 Å². The van der Waals surface area contributed by atoms with Crippen LogP contribution in [0.2, 0.25) is 10.0 Å². The van der Waals surface area contributed by atoms with Crippen LogP contribution in [0, 0.1) is 0 Å². The number of aliphatic hydroxyl groups is 1. The smallest absolute Gasteiger partial charge is 0.279 e. The summed E-state index contributed by atoms with van der Waals surface area (Å²) >= 11 is 13.6. The Balaban J connectivity index is 1.66. The SMILES string of the molecule is COc1nc(-c2cccc(-c3cccc(NC(=O)c4ccnn(C)c4=O)c3Cl)c2Cl)ccc1CNC[C@@H](C)O. The van der Waals surface area contributed by atoms with Gasteiger partial charge in [0.1, 0.15) is 5.56 Å². The lowest BCUT2D eigenvalue weighted by Crippen LogP contribution is -2.28. The van der Waals surface area contributed by atoms with E-state index >= 15 is 0 Å². The number of carbonyl (C=O) groups is 1. The van der Waals surface area contributed by atoms with Gasteiger partial charge in [0.25, 0.3) is 11.5 Å². The molecule has 0 aliphatic rings. The number of aromatic nitrogens is 3. The molecule has 0 aliphatic heterocycles. The highest BCUT2D eigenvalue weighted by molar-refractivity contribution is 6.39. The molecule has 39 heavy (non-hydrogen) atoms. The molecule has 0 saturated carbocycles. The van der Waals surface area contributed by atoms with Crippen molar-refractivity contribution in [3.8, 4) is 28.3 Å². The number of amides is 1. The number of hydrogen-bond donors (Lipinski definition) is 3. The third-order valence-electron chi connectivity index (χ3n) is 5.95. The van der Waals surface area contributed by atoms with Crippen LogP contribution in [0.25, 0.3) is 22.4 Å². The highest BCUT2D eigenvalue weighted by Gasteiger charge is 2.19. The second kappa shape index (κ2) is 12.4. The van der Waals surface area contributed by atoms with Gasteiger partial charge in [-0.05, 0) is 25.1 Å². The fourth-order valence-corrected chi connectivity index (χ4v) is 4.59. The van der Waals surface area contributed by atoms with Gasteiger partial charge in [0.05, 0.1) is 34.6 Å². The maximum Gasteiger partial charge on any atom is 0.279 e. The Morgan fingerprint density at radius 2 is 1.74 bits per heavy atom. The minimum Gasteiger partial charge on any atom is -0.481 e. The third kappa shape index (κ3) is 6.29. The first-order valence-corrected chi connectivity index (χ1v) is 12.8. The van der Waals surface area contributed by atoms with Crippen molar-refractivity contribution >= 4 is 34.8 Å². The van der Waals surface area contributed by atoms with Gasteiger partial charge < -0.3 is 20.5 Å². The lowest BCUT2D eigenvalue weighted by atomic mass is 10.00. The topological polar surface area (TPSA) is 118 Å². The predicted molar refractivity (Wildman–Crippen MR) is 152 cm³/mol. The predicted octanol–water partition coefficient (Wildman–Crippen LogP) is 4.55. The highest BCUT2D eigenvalue weighted by atomic mass is 35.5. The molecule has 2 aromatic heterocycles. The number of nitrogens with one attached hydrogen (secondary N) is 2. The second-order valence-electron chi connectivity index (χ2n) is 8.81. The lowest BCUT2D eigenvalue weighted by Gasteiger charge is -2.15. The van der Waals surface area contributed by atoms with Crippen molar-refractivity contribution in [3.05, 3.63) is 92.3 Å². The molecular formula is C28H27Cl2N5O4. The molecule has 0 unspecified atom stereocenters. The number of aliphatic hydroxyl groups excluding tert-OH is 1. The second-order valence-corrected chi connectivity index (χ2v) is 9.56. The molecule has 9 nitrogen and oxygen atoms in total. The molecule has 3 N–H and O–H groups in total. The molecule has 4 aromatic rings. The number of rotatable bonds is 9. The van der Waals surface area contributed by atoms with Crippen molar-refractivity contribution in [1.82, 2.24) is 20.1 Å². The van der Waals surface area contributed by atoms with Crippen LogP contribution in [0.5, 0.6) is 5.88 Å². The molecule has 0 fully saturated rings. The van der Waals surface area contributed by atoms with Gasteiger partial charge in [-0.3, -0.25) is 9.59 Å². The molecule has 11 heteroatoms. The molecule has 0 radical (unpaired) electrons. The minimum atomic E-state index is -0.601. The summed E-state index contributed by atoms with van der Waals surface area (Å²) in [4.78, 5) is 29.8. The van der Waals surface area contributed by atoms with Crippen LogP contribution in [0.1, 0.15) is 22.8 Å². The molecule has 2 aromatic carbocycles. The van der Waals surface area contributed by atoms with Crippen LogP contribution in [0.3, 0.4) is 0 Å². The number of anilines is 1. The number of benzene rings is 2. The Morgan fingerprint density at radius 1 is 1.05 bits per heavy atom. The van der Waals surface area contributed by atoms with E-state index in [9.17, 15) is 14.7 Å². The van der Waals surface area contributed by atoms with Crippen molar-refractivity contribution in [2.24, 2.45) is 7.05 Å². The number of halogens is 2. The van der Waals surface area contributed by atoms with E-state index in [0.29, 0.717) is 52.1 Å². The minimum absolute atomic E-state index is 0.0569. The summed E-state index contributed by atoms with van der Waals surface area (Å²) in [6.45, 7) is 2.63. The van der Waals surface area contributed by atoms with Gasteiger partial charge in [-0.1, -0.05) is 59.6 Å². The molecule has 202 valence electrons. The van der Waals surface area contributed by atoms with Crippen molar-refractivity contribution in [1.29, 1.82) is 0 Å². The summed E-state index contributed by atoms with van der Waals surface area (Å²) < 4.78 is 6.58. The van der Waals surface area contributed by atoms with Crippen molar-refractivity contribution in [2.45, 2.75) is 19.6 Å². The molecule has 1 atom stereocenters. The van der Waals surface area contributed by atoms with E-state index in [1.807, 2.05) is 30.3 Å². The molecule has 1 amide bonds. The Kier molecular flexibility index (Phi) is 8.98. The Labute approximate surface area is 235 Å². The fraction of sp³-hybridized carbons (Fsp3) is 0.214. The van der Waals surface area contributed by atoms with E-state index in [2.05, 4.69) is 20.7 Å². The van der Waals surface area contributed by atoms with Gasteiger partial charge in [0, 0.05) is 48.6 Å². The summed E-state index contributed by atoms with van der Waals surface area (Å²) in [5.41, 5.74) is 3.09. The van der Waals surface area contributed by atoms with E-state index < -0.39 is 17.6 Å². The van der Waals surface area contributed by atoms with Gasteiger partial charge in [-0.15, -0.1) is 0 Å². The number of pyridine rings is 1. The molecule has 0 saturated heterocycles. The maximum absolute atomic E-state index is 12.8. The van der Waals surface area contributed by atoms with Crippen LogP contribution in [0.15, 0.2) is 65.6 Å². The largest absolute Gasteiger partial charge is 0.481 e. The van der Waals surface area contributed by atoms with Gasteiger partial charge in [-0.2, -0.15) is 5.10 Å². The summed E-state index contributed by atoms with van der Waals surface area (Å²) in [5, 5.41) is 19.9. The zero-order valence-corrected chi connectivity index (χ0v) is 23.0.